The van der Waals surface area contributed by atoms with Crippen molar-refractivity contribution in [3.63, 3.8) is 0 Å². The van der Waals surface area contributed by atoms with E-state index in [-0.39, 0.29) is 5.56 Å². The third-order valence-corrected chi connectivity index (χ3v) is 2.78. The molecule has 3 rings (SSSR count). The zero-order chi connectivity index (χ0) is 16.1. The molecule has 3 heterocycles. The van der Waals surface area contributed by atoms with Crippen molar-refractivity contribution >= 4 is 23.0 Å². The Labute approximate surface area is 124 Å². The van der Waals surface area contributed by atoms with Gasteiger partial charge >= 0.3 is 12.0 Å². The Hall–Kier alpha value is -3.36. The first-order chi connectivity index (χ1) is 10.5. The number of hydrogen-bond donors (Lipinski definition) is 5. The molecule has 0 aliphatic rings. The normalized spacial score (nSPS) is 9.86. The molecule has 0 saturated carbocycles. The fourth-order valence-electron chi connectivity index (χ4n) is 1.72. The number of carbonyl (C=O) groups is 2. The zero-order valence-corrected chi connectivity index (χ0v) is 11.6. The van der Waals surface area contributed by atoms with E-state index in [1.165, 1.54) is 13.2 Å². The highest BCUT2D eigenvalue weighted by atomic mass is 16.4. The molecule has 0 aliphatic carbocycles. The average Bonchev–Trinajstić information content (AvgIpc) is 3.14. The van der Waals surface area contributed by atoms with Crippen LogP contribution in [0.15, 0.2) is 30.6 Å². The van der Waals surface area contributed by atoms with E-state index in [9.17, 15) is 9.59 Å². The van der Waals surface area contributed by atoms with Crippen molar-refractivity contribution in [1.29, 1.82) is 0 Å². The van der Waals surface area contributed by atoms with E-state index in [0.717, 1.165) is 11.1 Å². The largest absolute Gasteiger partial charge is 0.478 e. The maximum absolute atomic E-state index is 10.8. The monoisotopic (exact) mass is 302 g/mol. The van der Waals surface area contributed by atoms with Crippen molar-refractivity contribution in [2.24, 2.45) is 5.73 Å². The molecule has 0 saturated heterocycles. The number of rotatable bonds is 2. The second kappa shape index (κ2) is 6.39. The van der Waals surface area contributed by atoms with E-state index in [2.05, 4.69) is 31.2 Å². The van der Waals surface area contributed by atoms with Gasteiger partial charge in [-0.1, -0.05) is 0 Å². The summed E-state index contributed by atoms with van der Waals surface area (Å²) in [4.78, 5) is 27.3. The maximum Gasteiger partial charge on any atom is 0.337 e. The Morgan fingerprint density at radius 3 is 2.73 bits per heavy atom. The lowest BCUT2D eigenvalue weighted by atomic mass is 10.2. The molecule has 0 fully saturated rings. The summed E-state index contributed by atoms with van der Waals surface area (Å²) in [6.45, 7) is 0. The number of primary amides is 1. The SMILES string of the molecule is CNC(N)=O.O=C(O)c1c[nH]c(-c2[nH]nc3ncccc23)c1. The van der Waals surface area contributed by atoms with Crippen molar-refractivity contribution in [3.05, 3.63) is 36.2 Å². The van der Waals surface area contributed by atoms with Crippen LogP contribution in [-0.4, -0.2) is 44.3 Å². The van der Waals surface area contributed by atoms with Crippen LogP contribution in [0.2, 0.25) is 0 Å². The average molecular weight is 302 g/mol. The topological polar surface area (TPSA) is 150 Å². The van der Waals surface area contributed by atoms with Gasteiger partial charge in [-0.3, -0.25) is 5.10 Å². The summed E-state index contributed by atoms with van der Waals surface area (Å²) in [6, 6.07) is 4.75. The molecule has 0 spiro atoms. The van der Waals surface area contributed by atoms with Crippen LogP contribution < -0.4 is 11.1 Å². The van der Waals surface area contributed by atoms with E-state index in [1.807, 2.05) is 12.1 Å². The fourth-order valence-corrected chi connectivity index (χ4v) is 1.72. The van der Waals surface area contributed by atoms with Gasteiger partial charge in [0.05, 0.1) is 17.0 Å². The molecule has 0 atom stereocenters. The highest BCUT2D eigenvalue weighted by Gasteiger charge is 2.12. The number of hydrogen-bond acceptors (Lipinski definition) is 4. The lowest BCUT2D eigenvalue weighted by Gasteiger charge is -1.92. The van der Waals surface area contributed by atoms with Gasteiger partial charge in [0.1, 0.15) is 0 Å². The lowest BCUT2D eigenvalue weighted by Crippen LogP contribution is -2.24. The number of fused-ring (bicyclic) bond motifs is 1. The number of nitrogens with one attached hydrogen (secondary N) is 3. The first-order valence-electron chi connectivity index (χ1n) is 6.21. The summed E-state index contributed by atoms with van der Waals surface area (Å²) in [5.74, 6) is -0.963. The van der Waals surface area contributed by atoms with Crippen LogP contribution in [0.25, 0.3) is 22.4 Å². The van der Waals surface area contributed by atoms with Crippen LogP contribution in [0.4, 0.5) is 4.79 Å². The lowest BCUT2D eigenvalue weighted by molar-refractivity contribution is 0.0697. The van der Waals surface area contributed by atoms with E-state index in [1.54, 1.807) is 12.3 Å². The fraction of sp³-hybridized carbons (Fsp3) is 0.0769. The number of nitrogens with zero attached hydrogens (tertiary/aromatic N) is 2. The summed E-state index contributed by atoms with van der Waals surface area (Å²) in [5, 5.41) is 18.8. The third kappa shape index (κ3) is 3.20. The number of nitrogens with two attached hydrogens (primary N) is 1. The van der Waals surface area contributed by atoms with Crippen molar-refractivity contribution in [3.8, 4) is 11.4 Å². The summed E-state index contributed by atoms with van der Waals surface area (Å²) >= 11 is 0. The molecule has 6 N–H and O–H groups in total. The molecule has 22 heavy (non-hydrogen) atoms. The second-order valence-electron chi connectivity index (χ2n) is 4.19. The van der Waals surface area contributed by atoms with Crippen molar-refractivity contribution in [1.82, 2.24) is 25.5 Å². The predicted molar refractivity (Wildman–Crippen MR) is 79.3 cm³/mol. The number of carboxylic acid groups (broad SMARTS) is 1. The van der Waals surface area contributed by atoms with Crippen LogP contribution >= 0.6 is 0 Å². The summed E-state index contributed by atoms with van der Waals surface area (Å²) < 4.78 is 0. The zero-order valence-electron chi connectivity index (χ0n) is 11.6. The molecule has 0 aromatic carbocycles. The minimum atomic E-state index is -0.963. The molecule has 9 heteroatoms. The Morgan fingerprint density at radius 2 is 2.14 bits per heavy atom. The highest BCUT2D eigenvalue weighted by Crippen LogP contribution is 2.24. The van der Waals surface area contributed by atoms with E-state index in [4.69, 9.17) is 5.11 Å². The van der Waals surface area contributed by atoms with E-state index in [0.29, 0.717) is 11.3 Å². The summed E-state index contributed by atoms with van der Waals surface area (Å²) in [7, 11) is 1.47. The first kappa shape index (κ1) is 15.0. The molecule has 3 aromatic heterocycles. The molecule has 9 nitrogen and oxygen atoms in total. The standard InChI is InChI=1S/C11H8N4O2.C2H6N2O/c16-11(17)6-4-8(13-5-6)9-7-2-1-3-12-10(7)15-14-9;1-4-2(3)5/h1-5,13H,(H,16,17)(H,12,14,15);1H3,(H3,3,4,5). The number of urea groups is 1. The number of aromatic amines is 2. The number of aromatic nitrogens is 4. The summed E-state index contributed by atoms with van der Waals surface area (Å²) in [5.41, 5.74) is 6.78. The van der Waals surface area contributed by atoms with Crippen molar-refractivity contribution in [2.45, 2.75) is 0 Å². The number of H-pyrrole nitrogens is 2. The van der Waals surface area contributed by atoms with E-state index >= 15 is 0 Å². The number of pyridine rings is 1. The molecule has 0 bridgehead atoms. The van der Waals surface area contributed by atoms with Crippen LogP contribution in [-0.2, 0) is 0 Å². The Morgan fingerprint density at radius 1 is 1.41 bits per heavy atom. The minimum Gasteiger partial charge on any atom is -0.478 e. The van der Waals surface area contributed by atoms with Crippen molar-refractivity contribution < 1.29 is 14.7 Å². The number of carbonyl (C=O) groups excluding carboxylic acids is 1. The van der Waals surface area contributed by atoms with E-state index < -0.39 is 12.0 Å². The van der Waals surface area contributed by atoms with Crippen molar-refractivity contribution in [2.75, 3.05) is 7.05 Å². The minimum absolute atomic E-state index is 0.214. The van der Waals surface area contributed by atoms with Crippen LogP contribution in [0.1, 0.15) is 10.4 Å². The quantitative estimate of drug-likeness (QED) is 0.477. The van der Waals surface area contributed by atoms with Gasteiger partial charge in [0, 0.05) is 24.8 Å². The van der Waals surface area contributed by atoms with Gasteiger partial charge in [-0.2, -0.15) is 5.10 Å². The Kier molecular flexibility index (Phi) is 4.37. The number of aromatic carboxylic acids is 1. The molecular weight excluding hydrogens is 288 g/mol. The maximum atomic E-state index is 10.8. The molecule has 0 radical (unpaired) electrons. The molecule has 2 amide bonds. The molecular formula is C13H14N6O3. The first-order valence-corrected chi connectivity index (χ1v) is 6.21. The van der Waals surface area contributed by atoms with Crippen LogP contribution in [0.5, 0.6) is 0 Å². The number of carboxylic acids is 1. The molecule has 114 valence electrons. The van der Waals surface area contributed by atoms with Gasteiger partial charge in [-0.05, 0) is 18.2 Å². The predicted octanol–water partition coefficient (Wildman–Crippen LogP) is 0.936. The molecule has 0 aliphatic heterocycles. The van der Waals surface area contributed by atoms with Crippen LogP contribution in [0, 0.1) is 0 Å². The van der Waals surface area contributed by atoms with Gasteiger partial charge in [0.15, 0.2) is 5.65 Å². The summed E-state index contributed by atoms with van der Waals surface area (Å²) in [6.07, 6.45) is 3.10. The Balaban J connectivity index is 0.000000309. The van der Waals surface area contributed by atoms with Gasteiger partial charge < -0.3 is 21.1 Å². The van der Waals surface area contributed by atoms with Gasteiger partial charge in [-0.25, -0.2) is 14.6 Å². The Bertz CT molecular complexity index is 807. The van der Waals surface area contributed by atoms with Gasteiger partial charge in [-0.15, -0.1) is 0 Å². The molecule has 3 aromatic rings. The van der Waals surface area contributed by atoms with Gasteiger partial charge in [0.25, 0.3) is 0 Å². The smallest absolute Gasteiger partial charge is 0.337 e. The van der Waals surface area contributed by atoms with Crippen LogP contribution in [0.3, 0.4) is 0 Å². The molecule has 0 unspecified atom stereocenters. The number of amides is 2. The van der Waals surface area contributed by atoms with Gasteiger partial charge in [0.2, 0.25) is 0 Å². The highest BCUT2D eigenvalue weighted by molar-refractivity contribution is 5.93. The third-order valence-electron chi connectivity index (χ3n) is 2.78. The second-order valence-corrected chi connectivity index (χ2v) is 4.19.